The summed E-state index contributed by atoms with van der Waals surface area (Å²) in [7, 11) is 1.71. The molecule has 2 saturated heterocycles. The predicted octanol–water partition coefficient (Wildman–Crippen LogP) is 3.74. The number of anilines is 1. The molecule has 4 aliphatic rings. The third-order valence-electron chi connectivity index (χ3n) is 9.45. The van der Waals surface area contributed by atoms with Crippen LogP contribution in [0.4, 0.5) is 5.69 Å². The molecule has 5 rings (SSSR count). The van der Waals surface area contributed by atoms with Crippen molar-refractivity contribution in [1.29, 1.82) is 0 Å². The summed E-state index contributed by atoms with van der Waals surface area (Å²) < 4.78 is 11.9. The Bertz CT molecular complexity index is 906. The van der Waals surface area contributed by atoms with Gasteiger partial charge in [-0.15, -0.1) is 0 Å². The van der Waals surface area contributed by atoms with Gasteiger partial charge in [0.1, 0.15) is 6.10 Å². The molecule has 0 amide bonds. The highest BCUT2D eigenvalue weighted by molar-refractivity contribution is 6.30. The first kappa shape index (κ1) is 23.4. The minimum absolute atomic E-state index is 0.0362. The number of methoxy groups -OCH3 is 1. The number of fused-ring (bicyclic) bond motifs is 2. The average Bonchev–Trinajstić information content (AvgIpc) is 3.07. The van der Waals surface area contributed by atoms with Crippen molar-refractivity contribution in [3.63, 3.8) is 0 Å². The van der Waals surface area contributed by atoms with Crippen molar-refractivity contribution in [2.45, 2.75) is 63.3 Å². The largest absolute Gasteiger partial charge is 0.462 e. The van der Waals surface area contributed by atoms with Gasteiger partial charge in [0.25, 0.3) is 0 Å². The lowest BCUT2D eigenvalue weighted by Gasteiger charge is -2.62. The van der Waals surface area contributed by atoms with Gasteiger partial charge in [-0.1, -0.05) is 24.6 Å². The number of rotatable bonds is 4. The van der Waals surface area contributed by atoms with Crippen molar-refractivity contribution in [2.75, 3.05) is 44.7 Å². The highest BCUT2D eigenvalue weighted by Gasteiger charge is 2.67. The van der Waals surface area contributed by atoms with E-state index < -0.39 is 11.2 Å². The molecule has 6 nitrogen and oxygen atoms in total. The van der Waals surface area contributed by atoms with Crippen molar-refractivity contribution >= 4 is 23.3 Å². The van der Waals surface area contributed by atoms with Crippen molar-refractivity contribution in [1.82, 2.24) is 4.90 Å². The van der Waals surface area contributed by atoms with Crippen molar-refractivity contribution in [3.8, 4) is 0 Å². The number of halogens is 1. The van der Waals surface area contributed by atoms with Crippen LogP contribution in [0.3, 0.4) is 0 Å². The standard InChI is InChI=1S/C26H37ClN2O4/c1-24-8-5-9-25(2,32-3)26(24,31)15-20-21(23(30)33-22(20)16-24)17-28-10-12-29(13-11-28)19-7-4-6-18(27)14-19/h4,6-7,14,20-22,31H,5,8-13,15-17H2,1-3H3/t20-,21?,22-,24-,25-,26?/m1/s1. The van der Waals surface area contributed by atoms with Gasteiger partial charge in [-0.25, -0.2) is 0 Å². The van der Waals surface area contributed by atoms with Crippen molar-refractivity contribution in [3.05, 3.63) is 29.3 Å². The third-order valence-corrected chi connectivity index (χ3v) is 9.69. The van der Waals surface area contributed by atoms with E-state index in [1.807, 2.05) is 25.1 Å². The lowest BCUT2D eigenvalue weighted by molar-refractivity contribution is -0.270. The van der Waals surface area contributed by atoms with E-state index in [1.54, 1.807) is 7.11 Å². The van der Waals surface area contributed by atoms with Crippen LogP contribution < -0.4 is 4.90 Å². The topological polar surface area (TPSA) is 62.2 Å². The summed E-state index contributed by atoms with van der Waals surface area (Å²) in [5.41, 5.74) is -0.697. The summed E-state index contributed by atoms with van der Waals surface area (Å²) in [6.45, 7) is 8.50. The maximum absolute atomic E-state index is 13.0. The number of carbonyl (C=O) groups is 1. The Labute approximate surface area is 202 Å². The van der Waals surface area contributed by atoms with Crippen molar-refractivity contribution in [2.24, 2.45) is 17.3 Å². The number of hydrogen-bond acceptors (Lipinski definition) is 6. The van der Waals surface area contributed by atoms with Gasteiger partial charge in [0.05, 0.1) is 17.1 Å². The molecule has 33 heavy (non-hydrogen) atoms. The van der Waals surface area contributed by atoms with E-state index >= 15 is 0 Å². The molecule has 2 unspecified atom stereocenters. The minimum atomic E-state index is -0.953. The first-order valence-corrected chi connectivity index (χ1v) is 12.8. The van der Waals surface area contributed by atoms with E-state index in [1.165, 1.54) is 0 Å². The Morgan fingerprint density at radius 2 is 1.94 bits per heavy atom. The van der Waals surface area contributed by atoms with E-state index in [-0.39, 0.29) is 29.3 Å². The Morgan fingerprint density at radius 1 is 1.18 bits per heavy atom. The number of esters is 1. The van der Waals surface area contributed by atoms with Gasteiger partial charge >= 0.3 is 5.97 Å². The molecule has 0 bridgehead atoms. The fourth-order valence-electron chi connectivity index (χ4n) is 7.23. The molecule has 7 heteroatoms. The maximum atomic E-state index is 13.0. The zero-order valence-electron chi connectivity index (χ0n) is 20.1. The maximum Gasteiger partial charge on any atom is 0.310 e. The van der Waals surface area contributed by atoms with Gasteiger partial charge in [-0.05, 0) is 57.2 Å². The van der Waals surface area contributed by atoms with Gasteiger partial charge in [-0.2, -0.15) is 0 Å². The molecule has 1 N–H and O–H groups in total. The van der Waals surface area contributed by atoms with Gasteiger partial charge < -0.3 is 19.5 Å². The third kappa shape index (κ3) is 3.78. The first-order valence-electron chi connectivity index (χ1n) is 12.4. The van der Waals surface area contributed by atoms with E-state index in [0.717, 1.165) is 62.6 Å². The van der Waals surface area contributed by atoms with Crippen LogP contribution in [0, 0.1) is 17.3 Å². The first-order chi connectivity index (χ1) is 15.7. The fraction of sp³-hybridized carbons (Fsp3) is 0.731. The average molecular weight is 477 g/mol. The second kappa shape index (κ2) is 8.40. The Kier molecular flexibility index (Phi) is 5.96. The number of piperazine rings is 1. The zero-order chi connectivity index (χ0) is 23.4. The molecule has 6 atom stereocenters. The predicted molar refractivity (Wildman–Crippen MR) is 129 cm³/mol. The molecule has 0 aromatic heterocycles. The van der Waals surface area contributed by atoms with Gasteiger partial charge in [0.2, 0.25) is 0 Å². The summed E-state index contributed by atoms with van der Waals surface area (Å²) >= 11 is 6.17. The molecule has 1 aromatic carbocycles. The minimum Gasteiger partial charge on any atom is -0.462 e. The molecule has 2 aliphatic heterocycles. The van der Waals surface area contributed by atoms with E-state index in [4.69, 9.17) is 21.1 Å². The fourth-order valence-corrected chi connectivity index (χ4v) is 7.42. The van der Waals surface area contributed by atoms with Crippen LogP contribution in [0.25, 0.3) is 0 Å². The number of nitrogens with zero attached hydrogens (tertiary/aromatic N) is 2. The molecule has 1 aromatic rings. The number of carbonyl (C=O) groups excluding carboxylic acids is 1. The van der Waals surface area contributed by atoms with Crippen LogP contribution in [-0.2, 0) is 14.3 Å². The molecule has 2 heterocycles. The number of hydrogen-bond donors (Lipinski definition) is 1. The van der Waals surface area contributed by atoms with E-state index in [0.29, 0.717) is 13.0 Å². The summed E-state index contributed by atoms with van der Waals surface area (Å²) in [5.74, 6) is -0.245. The van der Waals surface area contributed by atoms with Crippen LogP contribution in [0.15, 0.2) is 24.3 Å². The number of ether oxygens (including phenoxy) is 2. The van der Waals surface area contributed by atoms with E-state index in [2.05, 4.69) is 22.8 Å². The Morgan fingerprint density at radius 3 is 2.64 bits per heavy atom. The molecule has 2 aliphatic carbocycles. The molecular formula is C26H37ClN2O4. The van der Waals surface area contributed by atoms with Crippen LogP contribution >= 0.6 is 11.6 Å². The summed E-state index contributed by atoms with van der Waals surface area (Å²) in [6.07, 6.45) is 4.00. The number of aliphatic hydroxyl groups is 1. The summed E-state index contributed by atoms with van der Waals surface area (Å²) in [5, 5.41) is 12.8. The summed E-state index contributed by atoms with van der Waals surface area (Å²) in [6, 6.07) is 7.98. The quantitative estimate of drug-likeness (QED) is 0.668. The smallest absolute Gasteiger partial charge is 0.310 e. The highest BCUT2D eigenvalue weighted by Crippen LogP contribution is 2.61. The van der Waals surface area contributed by atoms with Crippen LogP contribution in [-0.4, -0.2) is 73.1 Å². The Hall–Kier alpha value is -1.34. The molecule has 0 spiro atoms. The summed E-state index contributed by atoms with van der Waals surface area (Å²) in [4.78, 5) is 17.7. The normalized spacial score (nSPS) is 41.4. The highest BCUT2D eigenvalue weighted by atomic mass is 35.5. The molecule has 2 saturated carbocycles. The van der Waals surface area contributed by atoms with Gasteiger partial charge in [-0.3, -0.25) is 9.69 Å². The van der Waals surface area contributed by atoms with Crippen molar-refractivity contribution < 1.29 is 19.4 Å². The second-order valence-electron chi connectivity index (χ2n) is 11.1. The molecule has 4 fully saturated rings. The van der Waals surface area contributed by atoms with Gasteiger partial charge in [0.15, 0.2) is 0 Å². The second-order valence-corrected chi connectivity index (χ2v) is 11.6. The zero-order valence-corrected chi connectivity index (χ0v) is 20.8. The SMILES string of the molecule is CO[C@]1(C)CCC[C@]2(C)C[C@H]3OC(=O)C(CN4CCN(c5cccc(Cl)c5)CC4)[C@H]3CC21O. The lowest BCUT2D eigenvalue weighted by Crippen LogP contribution is -2.69. The van der Waals surface area contributed by atoms with Crippen LogP contribution in [0.2, 0.25) is 5.02 Å². The van der Waals surface area contributed by atoms with Gasteiger partial charge in [0, 0.05) is 61.9 Å². The molecule has 0 radical (unpaired) electrons. The molecule has 182 valence electrons. The lowest BCUT2D eigenvalue weighted by atomic mass is 9.49. The van der Waals surface area contributed by atoms with Crippen LogP contribution in [0.5, 0.6) is 0 Å². The van der Waals surface area contributed by atoms with Crippen LogP contribution in [0.1, 0.15) is 46.0 Å². The Balaban J connectivity index is 1.28. The number of benzene rings is 1. The monoisotopic (exact) mass is 476 g/mol. The van der Waals surface area contributed by atoms with E-state index in [9.17, 15) is 9.90 Å². The molecular weight excluding hydrogens is 440 g/mol.